The highest BCUT2D eigenvalue weighted by Gasteiger charge is 2.29. The van der Waals surface area contributed by atoms with Gasteiger partial charge in [0.2, 0.25) is 5.95 Å². The Kier molecular flexibility index (Phi) is 7.63. The smallest absolute Gasteiger partial charge is 0.410 e. The van der Waals surface area contributed by atoms with Crippen LogP contribution in [0.2, 0.25) is 0 Å². The summed E-state index contributed by atoms with van der Waals surface area (Å²) >= 11 is 0. The topological polar surface area (TPSA) is 153 Å². The number of ether oxygens (including phenoxy) is 1. The van der Waals surface area contributed by atoms with E-state index in [0.717, 1.165) is 55.4 Å². The van der Waals surface area contributed by atoms with E-state index >= 15 is 0 Å². The quantitative estimate of drug-likeness (QED) is 0.313. The van der Waals surface area contributed by atoms with Gasteiger partial charge in [0.25, 0.3) is 5.91 Å². The standard InChI is InChI=1S/C27H38N10O3/c1-17-20-16-30-25(32-23(20)37(18-7-5-6-8-18)22(17)24(38)33-34-28)31-21-10-9-19(15-29-21)35-11-13-36(14-12-35)26(39)40-27(2,3)4/h9-10,15-16,18,21,29H,5-8,11-14H2,1-4H3,(H2,28,33,38)(H,30,31,32). The molecule has 40 heavy (non-hydrogen) atoms. The number of carbonyl (C=O) groups excluding carboxylic acids is 2. The molecule has 13 nitrogen and oxygen atoms in total. The second-order valence-electron chi connectivity index (χ2n) is 11.4. The van der Waals surface area contributed by atoms with Gasteiger partial charge in [0, 0.05) is 50.0 Å². The Morgan fingerprint density at radius 1 is 1.18 bits per heavy atom. The number of piperazine rings is 1. The maximum Gasteiger partial charge on any atom is 0.410 e. The van der Waals surface area contributed by atoms with Gasteiger partial charge in [-0.05, 0) is 58.3 Å². The Labute approximate surface area is 233 Å². The third-order valence-electron chi connectivity index (χ3n) is 7.51. The summed E-state index contributed by atoms with van der Waals surface area (Å²) in [5.41, 5.74) is 11.9. The van der Waals surface area contributed by atoms with Gasteiger partial charge in [-0.1, -0.05) is 18.1 Å². The first-order chi connectivity index (χ1) is 19.1. The third kappa shape index (κ3) is 5.73. The normalized spacial score (nSPS) is 19.8. The first-order valence-corrected chi connectivity index (χ1v) is 13.8. The molecule has 2 fully saturated rings. The largest absolute Gasteiger partial charge is 0.444 e. The van der Waals surface area contributed by atoms with E-state index in [2.05, 4.69) is 31.2 Å². The summed E-state index contributed by atoms with van der Waals surface area (Å²) < 4.78 is 7.50. The van der Waals surface area contributed by atoms with Crippen molar-refractivity contribution in [3.8, 4) is 0 Å². The van der Waals surface area contributed by atoms with Gasteiger partial charge >= 0.3 is 6.09 Å². The van der Waals surface area contributed by atoms with Crippen molar-refractivity contribution in [3.05, 3.63) is 41.5 Å². The van der Waals surface area contributed by atoms with E-state index in [1.807, 2.05) is 50.6 Å². The van der Waals surface area contributed by atoms with Crippen LogP contribution < -0.4 is 16.1 Å². The molecule has 2 aliphatic heterocycles. The lowest BCUT2D eigenvalue weighted by molar-refractivity contribution is 0.0170. The minimum atomic E-state index is -0.503. The molecule has 214 valence electrons. The molecular formula is C27H38N10O3. The Morgan fingerprint density at radius 2 is 1.90 bits per heavy atom. The van der Waals surface area contributed by atoms with Gasteiger partial charge in [0.05, 0.1) is 5.70 Å². The van der Waals surface area contributed by atoms with E-state index in [1.54, 1.807) is 11.1 Å². The highest BCUT2D eigenvalue weighted by atomic mass is 16.6. The minimum Gasteiger partial charge on any atom is -0.444 e. The maximum absolute atomic E-state index is 12.8. The van der Waals surface area contributed by atoms with Crippen molar-refractivity contribution in [3.63, 3.8) is 0 Å². The second-order valence-corrected chi connectivity index (χ2v) is 11.4. The zero-order valence-corrected chi connectivity index (χ0v) is 23.5. The molecule has 1 saturated heterocycles. The summed E-state index contributed by atoms with van der Waals surface area (Å²) in [4.78, 5) is 38.5. The molecule has 2 aromatic heterocycles. The van der Waals surface area contributed by atoms with E-state index in [-0.39, 0.29) is 18.3 Å². The number of aromatic nitrogens is 3. The van der Waals surface area contributed by atoms with E-state index in [0.29, 0.717) is 30.4 Å². The van der Waals surface area contributed by atoms with Crippen LogP contribution in [0, 0.1) is 12.5 Å². The molecule has 1 aliphatic carbocycles. The molecule has 3 aliphatic rings. The molecule has 13 heteroatoms. The van der Waals surface area contributed by atoms with Crippen LogP contribution in [0.3, 0.4) is 0 Å². The molecular weight excluding hydrogens is 512 g/mol. The first-order valence-electron chi connectivity index (χ1n) is 13.8. The number of carbonyl (C=O) groups is 2. The van der Waals surface area contributed by atoms with E-state index in [1.165, 1.54) is 0 Å². The average molecular weight is 551 g/mol. The molecule has 1 saturated carbocycles. The lowest BCUT2D eigenvalue weighted by Gasteiger charge is -2.38. The van der Waals surface area contributed by atoms with Gasteiger partial charge in [-0.15, -0.1) is 0 Å². The van der Waals surface area contributed by atoms with E-state index in [9.17, 15) is 9.59 Å². The van der Waals surface area contributed by atoms with Gasteiger partial charge < -0.3 is 29.7 Å². The number of allylic oxidation sites excluding steroid dienone is 1. The molecule has 1 unspecified atom stereocenters. The van der Waals surface area contributed by atoms with Crippen LogP contribution in [-0.2, 0) is 4.74 Å². The molecule has 0 radical (unpaired) electrons. The van der Waals surface area contributed by atoms with E-state index in [4.69, 9.17) is 15.3 Å². The summed E-state index contributed by atoms with van der Waals surface area (Å²) in [5.74, 6) is 0.0414. The number of dihydropyridines is 1. The molecule has 1 atom stereocenters. The summed E-state index contributed by atoms with van der Waals surface area (Å²) in [5, 5.41) is 10.6. The van der Waals surface area contributed by atoms with Crippen molar-refractivity contribution in [2.24, 2.45) is 5.22 Å². The fourth-order valence-electron chi connectivity index (χ4n) is 5.58. The number of nitrogens with zero attached hydrogens (tertiary/aromatic N) is 6. The summed E-state index contributed by atoms with van der Waals surface area (Å²) in [6, 6.07) is 0.166. The molecule has 4 heterocycles. The highest BCUT2D eigenvalue weighted by Crippen LogP contribution is 2.36. The van der Waals surface area contributed by atoms with Gasteiger partial charge in [-0.2, -0.15) is 10.5 Å². The Hall–Kier alpha value is -4.16. The highest BCUT2D eigenvalue weighted by molar-refractivity contribution is 6.00. The van der Waals surface area contributed by atoms with Crippen molar-refractivity contribution in [1.82, 2.24) is 35.1 Å². The second kappa shape index (κ2) is 11.1. The SMILES string of the molecule is Cc1c(C(=O)NN=N)n(C2CCCC2)c2nc(NC3C=CC(N4CCN(C(=O)OC(C)(C)C)CC4)=CN3)ncc12. The molecule has 4 N–H and O–H groups in total. The first kappa shape index (κ1) is 27.4. The predicted octanol–water partition coefficient (Wildman–Crippen LogP) is 3.82. The van der Waals surface area contributed by atoms with E-state index < -0.39 is 11.5 Å². The fourth-order valence-corrected chi connectivity index (χ4v) is 5.58. The fraction of sp³-hybridized carbons (Fsp3) is 0.556. The van der Waals surface area contributed by atoms with Gasteiger partial charge in [0.1, 0.15) is 23.1 Å². The molecule has 5 rings (SSSR count). The van der Waals surface area contributed by atoms with Crippen molar-refractivity contribution in [2.75, 3.05) is 31.5 Å². The zero-order chi connectivity index (χ0) is 28.4. The number of anilines is 1. The van der Waals surface area contributed by atoms with Crippen LogP contribution in [0.1, 0.15) is 68.5 Å². The summed E-state index contributed by atoms with van der Waals surface area (Å²) in [6.07, 6.45) is 11.4. The number of amides is 2. The monoisotopic (exact) mass is 550 g/mol. The van der Waals surface area contributed by atoms with Crippen molar-refractivity contribution < 1.29 is 14.3 Å². The van der Waals surface area contributed by atoms with Crippen LogP contribution in [0.25, 0.3) is 11.0 Å². The van der Waals surface area contributed by atoms with Crippen LogP contribution in [0.4, 0.5) is 10.7 Å². The molecule has 2 aromatic rings. The number of rotatable bonds is 6. The lowest BCUT2D eigenvalue weighted by Crippen LogP contribution is -2.50. The minimum absolute atomic E-state index is 0.166. The maximum atomic E-state index is 12.8. The third-order valence-corrected chi connectivity index (χ3v) is 7.51. The summed E-state index contributed by atoms with van der Waals surface area (Å²) in [6.45, 7) is 10.1. The average Bonchev–Trinajstić information content (AvgIpc) is 3.54. The lowest BCUT2D eigenvalue weighted by atomic mass is 10.2. The number of nitrogens with one attached hydrogen (secondary N) is 4. The molecule has 0 aromatic carbocycles. The Bertz CT molecular complexity index is 1340. The Morgan fingerprint density at radius 3 is 2.52 bits per heavy atom. The number of aryl methyl sites for hydroxylation is 1. The van der Waals surface area contributed by atoms with Crippen LogP contribution in [0.15, 0.2) is 35.5 Å². The molecule has 2 amide bonds. The zero-order valence-electron chi connectivity index (χ0n) is 23.5. The van der Waals surface area contributed by atoms with Crippen molar-refractivity contribution >= 4 is 29.0 Å². The van der Waals surface area contributed by atoms with Crippen molar-refractivity contribution in [1.29, 1.82) is 5.53 Å². The van der Waals surface area contributed by atoms with Crippen molar-refractivity contribution in [2.45, 2.75) is 71.2 Å². The predicted molar refractivity (Wildman–Crippen MR) is 150 cm³/mol. The van der Waals surface area contributed by atoms with Gasteiger partial charge in [-0.25, -0.2) is 15.2 Å². The molecule has 0 bridgehead atoms. The Balaban J connectivity index is 1.25. The number of hydrogen-bond donors (Lipinski definition) is 4. The van der Waals surface area contributed by atoms with Gasteiger partial charge in [0.15, 0.2) is 0 Å². The summed E-state index contributed by atoms with van der Waals surface area (Å²) in [7, 11) is 0. The van der Waals surface area contributed by atoms with Gasteiger partial charge in [-0.3, -0.25) is 4.79 Å². The van der Waals surface area contributed by atoms with Crippen LogP contribution in [0.5, 0.6) is 0 Å². The number of fused-ring (bicyclic) bond motifs is 1. The molecule has 0 spiro atoms. The van der Waals surface area contributed by atoms with Crippen LogP contribution in [-0.4, -0.2) is 74.3 Å². The van der Waals surface area contributed by atoms with Crippen LogP contribution >= 0.6 is 0 Å². The number of hydrogen-bond acceptors (Lipinski definition) is 10.